The van der Waals surface area contributed by atoms with Crippen LogP contribution in [0.3, 0.4) is 0 Å². The predicted molar refractivity (Wildman–Crippen MR) is 396 cm³/mol. The van der Waals surface area contributed by atoms with E-state index in [1.54, 1.807) is 0 Å². The summed E-state index contributed by atoms with van der Waals surface area (Å²) in [7, 11) is -16.1. The lowest BCUT2D eigenvalue weighted by Crippen LogP contribution is -2.34. The molecule has 3 aromatic heterocycles. The summed E-state index contributed by atoms with van der Waals surface area (Å²) in [6, 6.07) is 85.2. The highest BCUT2D eigenvalue weighted by atomic mass is 32.2. The quantitative estimate of drug-likeness (QED) is 0.0217. The number of hydrogen-bond donors (Lipinski definition) is 1. The van der Waals surface area contributed by atoms with Crippen molar-refractivity contribution in [2.24, 2.45) is 0 Å². The maximum atomic E-state index is 12.6. The SMILES string of the molecule is C=C(COCC(F)(F)S(=O)(=O)[O-])C(=O)O.C=C(COCC(F)(F)S(=O)(=O)[O-])C(=O)OC.C=C(COCC(F)(F)S(=O)(=O)[O-])C(=O)OCC.c1ccc(-[s+]2c3ccccc3c3ccccc32)cc1.c1ccc(-[s+]2c3ccccc3c3ccccc32)cc1.c1ccc(-[s+]2c3ccccc3c3ccccc32)cc1. The van der Waals surface area contributed by atoms with Crippen molar-refractivity contribution >= 4 is 140 Å². The van der Waals surface area contributed by atoms with Crippen molar-refractivity contribution in [2.75, 3.05) is 53.4 Å². The summed E-state index contributed by atoms with van der Waals surface area (Å²) in [5, 5.41) is 2.93. The summed E-state index contributed by atoms with van der Waals surface area (Å²) in [4.78, 5) is 35.9. The highest BCUT2D eigenvalue weighted by molar-refractivity contribution is 7.87. The van der Waals surface area contributed by atoms with E-state index in [9.17, 15) is 79.6 Å². The molecule has 0 saturated carbocycles. The van der Waals surface area contributed by atoms with Crippen LogP contribution in [-0.2, 0) is 68.4 Å². The molecule has 30 heteroatoms. The van der Waals surface area contributed by atoms with E-state index in [1.807, 2.05) is 0 Å². The molecule has 18 nitrogen and oxygen atoms in total. The molecule has 0 aliphatic heterocycles. The van der Waals surface area contributed by atoms with E-state index in [0.717, 1.165) is 7.11 Å². The molecule has 0 bridgehead atoms. The Morgan fingerprint density at radius 2 is 0.581 bits per heavy atom. The Labute approximate surface area is 608 Å². The number of halogens is 6. The van der Waals surface area contributed by atoms with Crippen LogP contribution in [0.4, 0.5) is 26.3 Å². The van der Waals surface area contributed by atoms with Gasteiger partial charge in [0.2, 0.25) is 0 Å². The van der Waals surface area contributed by atoms with E-state index < -0.39 is 109 Å². The second-order valence-corrected chi connectivity index (χ2v) is 32.3. The Bertz CT molecular complexity index is 4890. The molecule has 0 aliphatic carbocycles. The summed E-state index contributed by atoms with van der Waals surface area (Å²) >= 11 is 0. The van der Waals surface area contributed by atoms with Crippen LogP contribution in [-0.4, -0.2) is 131 Å². The molecule has 105 heavy (non-hydrogen) atoms. The number of hydrogen-bond acceptors (Lipinski definition) is 17. The first-order valence-electron chi connectivity index (χ1n) is 30.8. The normalized spacial score (nSPS) is 11.7. The summed E-state index contributed by atoms with van der Waals surface area (Å²) in [6.07, 6.45) is 0. The Morgan fingerprint density at radius 1 is 0.371 bits per heavy atom. The first-order valence-corrected chi connectivity index (χ1v) is 38.7. The summed E-state index contributed by atoms with van der Waals surface area (Å²) in [5.74, 6) is -3.20. The van der Waals surface area contributed by atoms with Crippen LogP contribution in [0, 0.1) is 0 Å². The fourth-order valence-corrected chi connectivity index (χ4v) is 17.5. The predicted octanol–water partition coefficient (Wildman–Crippen LogP) is 17.1. The average Bonchev–Trinajstić information content (AvgIpc) is 1.62. The van der Waals surface area contributed by atoms with Gasteiger partial charge in [-0.25, -0.2) is 39.6 Å². The van der Waals surface area contributed by atoms with Gasteiger partial charge in [0.1, 0.15) is 19.8 Å². The lowest BCUT2D eigenvalue weighted by Gasteiger charge is -2.19. The fourth-order valence-electron chi connectivity index (χ4n) is 9.64. The first kappa shape index (κ1) is 82.7. The number of ether oxygens (including phenoxy) is 5. The van der Waals surface area contributed by atoms with Crippen LogP contribution in [0.5, 0.6) is 0 Å². The zero-order valence-corrected chi connectivity index (χ0v) is 60.6. The molecule has 0 fully saturated rings. The molecule has 0 saturated heterocycles. The zero-order chi connectivity index (χ0) is 76.9. The molecule has 12 aromatic rings. The molecule has 1 N–H and O–H groups in total. The molecular weight excluding hydrogens is 1500 g/mol. The van der Waals surface area contributed by atoms with E-state index >= 15 is 0 Å². The fraction of sp³-hybridized carbons (Fsp3) is 0.160. The molecule has 0 amide bonds. The van der Waals surface area contributed by atoms with Gasteiger partial charge in [-0.05, 0) is 116 Å². The molecule has 12 rings (SSSR count). The standard InChI is InChI=1S/3C18H13S.C8H12F2O6S.C7H10F2O6S.C6H8F2O6S/c3*1-2-8-14(9-3-1)19-17-12-6-4-10-15(17)16-11-5-7-13-18(16)19;1-3-16-7(11)6(2)4-15-5-8(9,10)17(12,13)14;1-5(6(10)14-2)3-15-4-7(8,9)16(11,12)13;1-4(5(9)10)2-14-3-6(7,8)15(11,12)13/h3*1-13H;2-5H2,1H3,(H,12,13,14);1,3-4H2,2H3,(H,11,12,13);1-3H2,(H,9,10)(H,11,12,13)/q3*+1;;;/p-3. The van der Waals surface area contributed by atoms with Crippen LogP contribution < -0.4 is 0 Å². The van der Waals surface area contributed by atoms with E-state index in [-0.39, 0.29) is 49.2 Å². The number of carboxylic acids is 1. The molecule has 0 radical (unpaired) electrons. The number of fused-ring (bicyclic) bond motifs is 9. The highest BCUT2D eigenvalue weighted by Crippen LogP contribution is 2.50. The van der Waals surface area contributed by atoms with Crippen LogP contribution >= 0.6 is 31.4 Å². The number of aliphatic carboxylic acids is 1. The second-order valence-electron chi connectivity index (χ2n) is 21.9. The molecule has 0 atom stereocenters. The first-order chi connectivity index (χ1) is 49.7. The number of methoxy groups -OCH3 is 1. The molecule has 9 aromatic carbocycles. The number of carbonyl (C=O) groups excluding carboxylic acids is 2. The van der Waals surface area contributed by atoms with Gasteiger partial charge in [-0.3, -0.25) is 0 Å². The lowest BCUT2D eigenvalue weighted by molar-refractivity contribution is -0.139. The average molecular weight is 1560 g/mol. The van der Waals surface area contributed by atoms with Crippen LogP contribution in [0.15, 0.2) is 273 Å². The minimum Gasteiger partial charge on any atom is -0.743 e. The van der Waals surface area contributed by atoms with E-state index in [2.05, 4.69) is 280 Å². The van der Waals surface area contributed by atoms with E-state index in [4.69, 9.17) is 5.11 Å². The number of alkyl halides is 6. The maximum absolute atomic E-state index is 12.6. The van der Waals surface area contributed by atoms with Gasteiger partial charge < -0.3 is 42.4 Å². The van der Waals surface area contributed by atoms with Gasteiger partial charge in [-0.1, -0.05) is 147 Å². The van der Waals surface area contributed by atoms with Gasteiger partial charge in [0, 0.05) is 63.7 Å². The number of rotatable bonds is 22. The van der Waals surface area contributed by atoms with Crippen LogP contribution in [0.25, 0.3) is 75.2 Å². The molecule has 552 valence electrons. The third-order valence-corrected chi connectivity index (χ3v) is 24.1. The van der Waals surface area contributed by atoms with Crippen molar-refractivity contribution in [2.45, 2.75) is 22.7 Å². The minimum absolute atomic E-state index is 0.0594. The lowest BCUT2D eigenvalue weighted by atomic mass is 10.2. The molecule has 3 heterocycles. The second kappa shape index (κ2) is 36.9. The Hall–Kier alpha value is -9.54. The van der Waals surface area contributed by atoms with Gasteiger partial charge in [0.05, 0.1) is 50.3 Å². The largest absolute Gasteiger partial charge is 0.743 e. The monoisotopic (exact) mass is 1560 g/mol. The van der Waals surface area contributed by atoms with Crippen molar-refractivity contribution < 1.29 is 108 Å². The van der Waals surface area contributed by atoms with E-state index in [0.29, 0.717) is 0 Å². The molecule has 0 aliphatic rings. The van der Waals surface area contributed by atoms with Gasteiger partial charge in [-0.15, -0.1) is 0 Å². The minimum atomic E-state index is -5.81. The van der Waals surface area contributed by atoms with E-state index in [1.165, 1.54) is 82.1 Å². The van der Waals surface area contributed by atoms with Crippen molar-refractivity contribution in [3.8, 4) is 14.7 Å². The number of thiophene rings is 3. The van der Waals surface area contributed by atoms with Crippen molar-refractivity contribution in [3.63, 3.8) is 0 Å². The van der Waals surface area contributed by atoms with Gasteiger partial charge in [0.15, 0.2) is 73.2 Å². The third-order valence-electron chi connectivity index (χ3n) is 14.5. The summed E-state index contributed by atoms with van der Waals surface area (Å²) < 4.78 is 195. The smallest absolute Gasteiger partial charge is 0.357 e. The summed E-state index contributed by atoms with van der Waals surface area (Å²) in [6.45, 7) is 3.78. The van der Waals surface area contributed by atoms with Gasteiger partial charge in [-0.2, -0.15) is 26.3 Å². The molecule has 0 spiro atoms. The van der Waals surface area contributed by atoms with Crippen LogP contribution in [0.2, 0.25) is 0 Å². The van der Waals surface area contributed by atoms with Crippen LogP contribution in [0.1, 0.15) is 6.92 Å². The van der Waals surface area contributed by atoms with Gasteiger partial charge >= 0.3 is 33.7 Å². The highest BCUT2D eigenvalue weighted by Gasteiger charge is 2.40. The third kappa shape index (κ3) is 21.6. The number of esters is 2. The number of benzene rings is 9. The zero-order valence-electron chi connectivity index (χ0n) is 55.7. The van der Waals surface area contributed by atoms with Crippen molar-refractivity contribution in [1.29, 1.82) is 0 Å². The Balaban J connectivity index is 0.000000177. The van der Waals surface area contributed by atoms with Crippen molar-refractivity contribution in [1.82, 2.24) is 0 Å². The molecule has 0 unspecified atom stereocenters. The number of carbonyl (C=O) groups is 3. The summed E-state index contributed by atoms with van der Waals surface area (Å²) in [5.41, 5.74) is -1.07. The Morgan fingerprint density at radius 3 is 0.790 bits per heavy atom. The van der Waals surface area contributed by atoms with Gasteiger partial charge in [0.25, 0.3) is 0 Å². The maximum Gasteiger partial charge on any atom is 0.357 e. The molecular formula is C75H66F6O18S6. The number of carboxylic acid groups (broad SMARTS) is 1. The van der Waals surface area contributed by atoms with Crippen molar-refractivity contribution in [3.05, 3.63) is 273 Å². The Kier molecular flexibility index (Phi) is 29.1. The topological polar surface area (TPSA) is 289 Å².